The molecule has 17 heavy (non-hydrogen) atoms. The minimum absolute atomic E-state index is 0.888. The molecule has 0 amide bonds. The minimum atomic E-state index is 0.888. The summed E-state index contributed by atoms with van der Waals surface area (Å²) in [5, 5.41) is 3.27. The van der Waals surface area contributed by atoms with Crippen molar-refractivity contribution in [1.82, 2.24) is 4.98 Å². The van der Waals surface area contributed by atoms with Gasteiger partial charge in [-0.3, -0.25) is 0 Å². The molecule has 0 aromatic carbocycles. The molecule has 0 unspecified atom stereocenters. The number of rotatable bonds is 5. The molecule has 0 saturated carbocycles. The Kier molecular flexibility index (Phi) is 4.09. The monoisotopic (exact) mass is 248 g/mol. The van der Waals surface area contributed by atoms with Gasteiger partial charge < -0.3 is 9.73 Å². The molecule has 2 aromatic heterocycles. The first-order valence-corrected chi connectivity index (χ1v) is 6.64. The fourth-order valence-electron chi connectivity index (χ4n) is 1.56. The van der Waals surface area contributed by atoms with Crippen molar-refractivity contribution in [3.05, 3.63) is 42.0 Å². The summed E-state index contributed by atoms with van der Waals surface area (Å²) >= 11 is 1.77. The number of pyridine rings is 1. The van der Waals surface area contributed by atoms with Gasteiger partial charge in [0.25, 0.3) is 0 Å². The Balaban J connectivity index is 2.06. The first-order valence-electron chi connectivity index (χ1n) is 5.66. The van der Waals surface area contributed by atoms with Crippen molar-refractivity contribution in [1.29, 1.82) is 0 Å². The van der Waals surface area contributed by atoms with Crippen molar-refractivity contribution < 1.29 is 4.42 Å². The second-order valence-corrected chi connectivity index (χ2v) is 4.69. The highest BCUT2D eigenvalue weighted by Gasteiger charge is 2.06. The summed E-state index contributed by atoms with van der Waals surface area (Å²) in [6.07, 6.45) is 3.54. The minimum Gasteiger partial charge on any atom is -0.468 e. The van der Waals surface area contributed by atoms with E-state index >= 15 is 0 Å². The highest BCUT2D eigenvalue weighted by Crippen LogP contribution is 2.28. The van der Waals surface area contributed by atoms with Crippen LogP contribution >= 0.6 is 11.8 Å². The number of furan rings is 1. The van der Waals surface area contributed by atoms with Crippen LogP contribution in [0.5, 0.6) is 0 Å². The molecule has 90 valence electrons. The standard InChI is InChI=1S/C13H16N2OS/c1-3-14-13-11(5-4-7-15-13)9-17-12-6-8-16-10(12)2/h4-8H,3,9H2,1-2H3,(H,14,15). The van der Waals surface area contributed by atoms with E-state index in [9.17, 15) is 0 Å². The van der Waals surface area contributed by atoms with Crippen LogP contribution in [0.25, 0.3) is 0 Å². The molecule has 4 heteroatoms. The number of anilines is 1. The molecule has 2 rings (SSSR count). The van der Waals surface area contributed by atoms with Gasteiger partial charge in [-0.05, 0) is 26.0 Å². The van der Waals surface area contributed by atoms with E-state index < -0.39 is 0 Å². The first kappa shape index (κ1) is 12.0. The zero-order valence-electron chi connectivity index (χ0n) is 10.1. The summed E-state index contributed by atoms with van der Waals surface area (Å²) < 4.78 is 5.28. The van der Waals surface area contributed by atoms with Crippen LogP contribution in [-0.2, 0) is 5.75 Å². The van der Waals surface area contributed by atoms with E-state index in [1.807, 2.05) is 25.3 Å². The molecule has 2 heterocycles. The lowest BCUT2D eigenvalue weighted by Gasteiger charge is -2.08. The lowest BCUT2D eigenvalue weighted by atomic mass is 10.3. The maximum absolute atomic E-state index is 5.28. The van der Waals surface area contributed by atoms with Crippen LogP contribution in [0.4, 0.5) is 5.82 Å². The topological polar surface area (TPSA) is 38.1 Å². The van der Waals surface area contributed by atoms with Gasteiger partial charge in [-0.15, -0.1) is 11.8 Å². The second kappa shape index (κ2) is 5.77. The zero-order chi connectivity index (χ0) is 12.1. The first-order chi connectivity index (χ1) is 8.31. The summed E-state index contributed by atoms with van der Waals surface area (Å²) in [6.45, 7) is 4.95. The maximum atomic E-state index is 5.28. The third-order valence-corrected chi connectivity index (χ3v) is 3.62. The Morgan fingerprint density at radius 2 is 2.29 bits per heavy atom. The van der Waals surface area contributed by atoms with Gasteiger partial charge in [-0.2, -0.15) is 0 Å². The smallest absolute Gasteiger partial charge is 0.129 e. The quantitative estimate of drug-likeness (QED) is 0.819. The molecule has 0 saturated heterocycles. The highest BCUT2D eigenvalue weighted by molar-refractivity contribution is 7.98. The van der Waals surface area contributed by atoms with Crippen molar-refractivity contribution in [2.24, 2.45) is 0 Å². The zero-order valence-corrected chi connectivity index (χ0v) is 10.9. The molecule has 0 aliphatic heterocycles. The molecule has 0 bridgehead atoms. The molecule has 0 fully saturated rings. The van der Waals surface area contributed by atoms with E-state index in [4.69, 9.17) is 4.42 Å². The van der Waals surface area contributed by atoms with E-state index in [-0.39, 0.29) is 0 Å². The summed E-state index contributed by atoms with van der Waals surface area (Å²) in [5.74, 6) is 2.85. The normalized spacial score (nSPS) is 10.5. The molecule has 0 aliphatic rings. The molecule has 3 nitrogen and oxygen atoms in total. The third-order valence-electron chi connectivity index (χ3n) is 2.43. The van der Waals surface area contributed by atoms with Gasteiger partial charge >= 0.3 is 0 Å². The van der Waals surface area contributed by atoms with E-state index in [1.165, 1.54) is 10.5 Å². The van der Waals surface area contributed by atoms with Gasteiger partial charge in [0, 0.05) is 29.0 Å². The van der Waals surface area contributed by atoms with E-state index in [1.54, 1.807) is 18.0 Å². The van der Waals surface area contributed by atoms with Crippen molar-refractivity contribution in [2.75, 3.05) is 11.9 Å². The van der Waals surface area contributed by atoms with Crippen LogP contribution < -0.4 is 5.32 Å². The number of thioether (sulfide) groups is 1. The van der Waals surface area contributed by atoms with E-state index in [0.717, 1.165) is 23.9 Å². The summed E-state index contributed by atoms with van der Waals surface area (Å²) in [4.78, 5) is 5.53. The third kappa shape index (κ3) is 3.03. The van der Waals surface area contributed by atoms with Crippen molar-refractivity contribution in [3.8, 4) is 0 Å². The Hall–Kier alpha value is -1.42. The number of nitrogens with zero attached hydrogens (tertiary/aromatic N) is 1. The predicted octanol–water partition coefficient (Wildman–Crippen LogP) is 3.71. The van der Waals surface area contributed by atoms with Gasteiger partial charge in [-0.1, -0.05) is 6.07 Å². The SMILES string of the molecule is CCNc1ncccc1CSc1ccoc1C. The Labute approximate surface area is 106 Å². The molecule has 0 spiro atoms. The molecule has 0 atom stereocenters. The Morgan fingerprint density at radius 3 is 3.00 bits per heavy atom. The average molecular weight is 248 g/mol. The van der Waals surface area contributed by atoms with Crippen LogP contribution in [0.2, 0.25) is 0 Å². The molecular formula is C13H16N2OS. The fraction of sp³-hybridized carbons (Fsp3) is 0.308. The maximum Gasteiger partial charge on any atom is 0.129 e. The van der Waals surface area contributed by atoms with Gasteiger partial charge in [0.2, 0.25) is 0 Å². The summed E-state index contributed by atoms with van der Waals surface area (Å²) in [7, 11) is 0. The fourth-order valence-corrected chi connectivity index (χ4v) is 2.51. The Bertz CT molecular complexity index is 482. The lowest BCUT2D eigenvalue weighted by molar-refractivity contribution is 0.527. The lowest BCUT2D eigenvalue weighted by Crippen LogP contribution is -2.02. The van der Waals surface area contributed by atoms with Crippen LogP contribution in [0.15, 0.2) is 40.0 Å². The van der Waals surface area contributed by atoms with Crippen molar-refractivity contribution >= 4 is 17.6 Å². The number of nitrogens with one attached hydrogen (secondary N) is 1. The van der Waals surface area contributed by atoms with Gasteiger partial charge in [0.1, 0.15) is 11.6 Å². The second-order valence-electron chi connectivity index (χ2n) is 3.67. The van der Waals surface area contributed by atoms with E-state index in [2.05, 4.69) is 23.3 Å². The molecule has 0 aliphatic carbocycles. The summed E-state index contributed by atoms with van der Waals surface area (Å²) in [5.41, 5.74) is 1.22. The average Bonchev–Trinajstić information content (AvgIpc) is 2.74. The Morgan fingerprint density at radius 1 is 1.41 bits per heavy atom. The van der Waals surface area contributed by atoms with Gasteiger partial charge in [0.15, 0.2) is 0 Å². The van der Waals surface area contributed by atoms with Crippen molar-refractivity contribution in [3.63, 3.8) is 0 Å². The molecule has 2 aromatic rings. The number of aryl methyl sites for hydroxylation is 1. The number of aromatic nitrogens is 1. The predicted molar refractivity (Wildman–Crippen MR) is 71.4 cm³/mol. The van der Waals surface area contributed by atoms with Gasteiger partial charge in [-0.25, -0.2) is 4.98 Å². The van der Waals surface area contributed by atoms with Crippen molar-refractivity contribution in [2.45, 2.75) is 24.5 Å². The molecule has 1 N–H and O–H groups in total. The van der Waals surface area contributed by atoms with E-state index in [0.29, 0.717) is 0 Å². The van der Waals surface area contributed by atoms with Crippen LogP contribution in [0, 0.1) is 6.92 Å². The number of hydrogen-bond donors (Lipinski definition) is 1. The number of hydrogen-bond acceptors (Lipinski definition) is 4. The molecule has 0 radical (unpaired) electrons. The largest absolute Gasteiger partial charge is 0.468 e. The van der Waals surface area contributed by atoms with Crippen LogP contribution in [0.3, 0.4) is 0 Å². The van der Waals surface area contributed by atoms with Crippen LogP contribution in [0.1, 0.15) is 18.2 Å². The highest BCUT2D eigenvalue weighted by atomic mass is 32.2. The van der Waals surface area contributed by atoms with Crippen LogP contribution in [-0.4, -0.2) is 11.5 Å². The molecular weight excluding hydrogens is 232 g/mol. The summed E-state index contributed by atoms with van der Waals surface area (Å²) in [6, 6.07) is 6.08. The van der Waals surface area contributed by atoms with Gasteiger partial charge in [0.05, 0.1) is 6.26 Å².